The maximum atomic E-state index is 14.5. The predicted molar refractivity (Wildman–Crippen MR) is 102 cm³/mol. The summed E-state index contributed by atoms with van der Waals surface area (Å²) in [6, 6.07) is 5.91. The highest BCUT2D eigenvalue weighted by Crippen LogP contribution is 2.32. The number of nitrogens with zero attached hydrogens (tertiary/aromatic N) is 4. The van der Waals surface area contributed by atoms with Crippen LogP contribution in [0.25, 0.3) is 0 Å². The molecule has 0 amide bonds. The van der Waals surface area contributed by atoms with Crippen LogP contribution >= 0.6 is 0 Å². The highest BCUT2D eigenvalue weighted by Gasteiger charge is 2.42. The van der Waals surface area contributed by atoms with Crippen LogP contribution in [-0.4, -0.2) is 47.2 Å². The number of aliphatic imine (C=N–C) groups is 1. The van der Waals surface area contributed by atoms with Crippen molar-refractivity contribution in [1.82, 2.24) is 14.3 Å². The smallest absolute Gasteiger partial charge is 0.239 e. The number of guanidine groups is 1. The number of hydrogen-bond donors (Lipinski definition) is 1. The van der Waals surface area contributed by atoms with Gasteiger partial charge in [-0.2, -0.15) is 0 Å². The lowest BCUT2D eigenvalue weighted by Gasteiger charge is -2.33. The summed E-state index contributed by atoms with van der Waals surface area (Å²) in [5.74, 6) is -1.74. The number of nitrogens with two attached hydrogens (primary N) is 1. The number of carbonyl (C=O) groups excluding carboxylic acids is 1. The minimum atomic E-state index is -3.77. The van der Waals surface area contributed by atoms with E-state index < -0.39 is 27.1 Å². The van der Waals surface area contributed by atoms with Gasteiger partial charge in [-0.05, 0) is 37.6 Å². The number of Topliss-reactive ketones (excluding diaryl/α,β-unsaturated/α-hetero) is 1. The normalized spacial score (nSPS) is 21.3. The van der Waals surface area contributed by atoms with Crippen molar-refractivity contribution in [1.29, 1.82) is 0 Å². The Kier molecular flexibility index (Phi) is 4.92. The monoisotopic (exact) mass is 405 g/mol. The highest BCUT2D eigenvalue weighted by molar-refractivity contribution is 7.89. The van der Waals surface area contributed by atoms with Crippen LogP contribution in [0, 0.1) is 12.7 Å². The predicted octanol–water partition coefficient (Wildman–Crippen LogP) is 1.15. The molecule has 0 radical (unpaired) electrons. The minimum Gasteiger partial charge on any atom is -0.369 e. The number of hydrogen-bond acceptors (Lipinski definition) is 7. The van der Waals surface area contributed by atoms with E-state index in [0.717, 1.165) is 15.9 Å². The van der Waals surface area contributed by atoms with Gasteiger partial charge in [0.25, 0.3) is 0 Å². The summed E-state index contributed by atoms with van der Waals surface area (Å²) in [7, 11) is -2.49. The third-order valence-electron chi connectivity index (χ3n) is 4.52. The Morgan fingerprint density at radius 2 is 2.04 bits per heavy atom. The Labute approximate surface area is 162 Å². The summed E-state index contributed by atoms with van der Waals surface area (Å²) in [5, 5.41) is 0. The molecule has 2 aromatic rings. The van der Waals surface area contributed by atoms with Crippen molar-refractivity contribution < 1.29 is 17.6 Å². The molecule has 0 aromatic carbocycles. The van der Waals surface area contributed by atoms with Gasteiger partial charge in [-0.3, -0.25) is 14.8 Å². The lowest BCUT2D eigenvalue weighted by Crippen LogP contribution is -2.50. The van der Waals surface area contributed by atoms with Crippen molar-refractivity contribution >= 4 is 21.8 Å². The van der Waals surface area contributed by atoms with Crippen molar-refractivity contribution in [2.24, 2.45) is 10.7 Å². The summed E-state index contributed by atoms with van der Waals surface area (Å²) in [5.41, 5.74) is 5.52. The van der Waals surface area contributed by atoms with Gasteiger partial charge in [0.05, 0.1) is 6.42 Å². The third-order valence-corrected chi connectivity index (χ3v) is 6.47. The Balaban J connectivity index is 1.96. The van der Waals surface area contributed by atoms with Gasteiger partial charge in [0.2, 0.25) is 16.0 Å². The van der Waals surface area contributed by atoms with Crippen molar-refractivity contribution in [3.8, 4) is 0 Å². The lowest BCUT2D eigenvalue weighted by atomic mass is 9.99. The van der Waals surface area contributed by atoms with Crippen LogP contribution in [0.1, 0.15) is 34.4 Å². The van der Waals surface area contributed by atoms with Crippen LogP contribution in [0.15, 0.2) is 35.5 Å². The first-order valence-corrected chi connectivity index (χ1v) is 10.1. The molecule has 0 saturated heterocycles. The van der Waals surface area contributed by atoms with Gasteiger partial charge in [-0.1, -0.05) is 6.07 Å². The van der Waals surface area contributed by atoms with Crippen LogP contribution in [-0.2, 0) is 22.0 Å². The van der Waals surface area contributed by atoms with Gasteiger partial charge in [0.15, 0.2) is 5.78 Å². The molecular formula is C18H20FN5O3S. The average Bonchev–Trinajstić information content (AvgIpc) is 2.61. The van der Waals surface area contributed by atoms with Gasteiger partial charge in [0, 0.05) is 18.9 Å². The number of ketones is 1. The fourth-order valence-corrected chi connectivity index (χ4v) is 4.35. The molecule has 0 fully saturated rings. The van der Waals surface area contributed by atoms with E-state index in [2.05, 4.69) is 15.0 Å². The molecule has 1 aliphatic heterocycles. The zero-order valence-electron chi connectivity index (χ0n) is 15.7. The van der Waals surface area contributed by atoms with E-state index in [1.807, 2.05) is 6.92 Å². The fourth-order valence-electron chi connectivity index (χ4n) is 2.92. The molecule has 3 heterocycles. The third kappa shape index (κ3) is 3.72. The molecule has 2 aromatic heterocycles. The van der Waals surface area contributed by atoms with Gasteiger partial charge in [-0.25, -0.2) is 22.1 Å². The van der Waals surface area contributed by atoms with Gasteiger partial charge < -0.3 is 5.73 Å². The number of aryl methyl sites for hydroxylation is 1. The van der Waals surface area contributed by atoms with E-state index in [4.69, 9.17) is 5.73 Å². The number of pyridine rings is 2. The quantitative estimate of drug-likeness (QED) is 0.763. The molecule has 1 aliphatic rings. The first kappa shape index (κ1) is 19.9. The van der Waals surface area contributed by atoms with E-state index in [1.165, 1.54) is 20.0 Å². The topological polar surface area (TPSA) is 119 Å². The fraction of sp³-hybridized carbons (Fsp3) is 0.333. The van der Waals surface area contributed by atoms with Crippen molar-refractivity contribution in [3.63, 3.8) is 0 Å². The molecule has 28 heavy (non-hydrogen) atoms. The number of carbonyl (C=O) groups is 1. The highest BCUT2D eigenvalue weighted by atomic mass is 32.2. The van der Waals surface area contributed by atoms with E-state index in [9.17, 15) is 17.6 Å². The second kappa shape index (κ2) is 6.93. The first-order chi connectivity index (χ1) is 13.0. The average molecular weight is 405 g/mol. The minimum absolute atomic E-state index is 0.106. The molecule has 0 spiro atoms. The second-order valence-corrected chi connectivity index (χ2v) is 8.92. The number of sulfonamides is 1. The number of halogens is 1. The maximum Gasteiger partial charge on any atom is 0.239 e. The van der Waals surface area contributed by atoms with Crippen LogP contribution in [0.2, 0.25) is 0 Å². The van der Waals surface area contributed by atoms with E-state index in [1.54, 1.807) is 18.3 Å². The van der Waals surface area contributed by atoms with Gasteiger partial charge in [-0.15, -0.1) is 0 Å². The molecule has 148 valence electrons. The molecule has 0 aliphatic carbocycles. The van der Waals surface area contributed by atoms with Crippen LogP contribution in [0.5, 0.6) is 0 Å². The lowest BCUT2D eigenvalue weighted by molar-refractivity contribution is 0.0987. The summed E-state index contributed by atoms with van der Waals surface area (Å²) in [6.07, 6.45) is 1.48. The Morgan fingerprint density at radius 1 is 1.32 bits per heavy atom. The number of aromatic nitrogens is 2. The first-order valence-electron chi connectivity index (χ1n) is 8.45. The molecule has 8 nitrogen and oxygen atoms in total. The molecule has 10 heteroatoms. The summed E-state index contributed by atoms with van der Waals surface area (Å²) in [4.78, 5) is 24.9. The van der Waals surface area contributed by atoms with Crippen molar-refractivity contribution in [3.05, 3.63) is 58.9 Å². The molecule has 0 unspecified atom stereocenters. The summed E-state index contributed by atoms with van der Waals surface area (Å²) < 4.78 is 40.0. The molecule has 1 atom stereocenters. The van der Waals surface area contributed by atoms with Crippen LogP contribution in [0.4, 0.5) is 4.39 Å². The van der Waals surface area contributed by atoms with Crippen LogP contribution < -0.4 is 5.73 Å². The van der Waals surface area contributed by atoms with Crippen molar-refractivity contribution in [2.45, 2.75) is 25.8 Å². The van der Waals surface area contributed by atoms with Gasteiger partial charge >= 0.3 is 0 Å². The van der Waals surface area contributed by atoms with E-state index >= 15 is 0 Å². The zero-order chi connectivity index (χ0) is 20.7. The Hall–Kier alpha value is -2.88. The zero-order valence-corrected chi connectivity index (χ0v) is 16.5. The van der Waals surface area contributed by atoms with E-state index in [0.29, 0.717) is 0 Å². The molecule has 0 bridgehead atoms. The SMILES string of the molecule is Cc1ccc(C(=O)Cc2ccc(F)c([C@]3(C)CS(=O)(=O)N(C)C(N)=N3)n2)nc1. The van der Waals surface area contributed by atoms with Crippen molar-refractivity contribution in [2.75, 3.05) is 12.8 Å². The Morgan fingerprint density at radius 3 is 2.64 bits per heavy atom. The summed E-state index contributed by atoms with van der Waals surface area (Å²) in [6.45, 7) is 3.31. The number of rotatable bonds is 4. The summed E-state index contributed by atoms with van der Waals surface area (Å²) >= 11 is 0. The molecule has 2 N–H and O–H groups in total. The molecule has 0 saturated carbocycles. The van der Waals surface area contributed by atoms with E-state index in [-0.39, 0.29) is 35.2 Å². The molecule has 3 rings (SSSR count). The Bertz CT molecular complexity index is 1070. The van der Waals surface area contributed by atoms with Crippen LogP contribution in [0.3, 0.4) is 0 Å². The van der Waals surface area contributed by atoms with Gasteiger partial charge in [0.1, 0.15) is 28.5 Å². The second-order valence-electron chi connectivity index (χ2n) is 6.92. The largest absolute Gasteiger partial charge is 0.369 e. The molecular weight excluding hydrogens is 385 g/mol. The standard InChI is InChI=1S/C18H20FN5O3S/c1-11-4-7-14(21-9-11)15(25)8-12-5-6-13(19)16(22-12)18(2)10-28(26,27)24(3)17(20)23-18/h4-7,9H,8,10H2,1-3H3,(H2,20,23)/t18-/m0/s1. The maximum absolute atomic E-state index is 14.5.